The predicted molar refractivity (Wildman–Crippen MR) is 70.3 cm³/mol. The molecule has 4 heteroatoms. The zero-order valence-corrected chi connectivity index (χ0v) is 11.2. The van der Waals surface area contributed by atoms with Crippen LogP contribution in [0.1, 0.15) is 12.5 Å². The Bertz CT molecular complexity index is 400. The third-order valence-corrected chi connectivity index (χ3v) is 3.11. The summed E-state index contributed by atoms with van der Waals surface area (Å²) in [6.45, 7) is 3.65. The van der Waals surface area contributed by atoms with E-state index in [1.54, 1.807) is 14.0 Å². The fourth-order valence-electron chi connectivity index (χ4n) is 2.22. The van der Waals surface area contributed by atoms with E-state index < -0.39 is 0 Å². The number of nitrogens with zero attached hydrogens (tertiary/aromatic N) is 1. The van der Waals surface area contributed by atoms with Crippen LogP contribution in [0.3, 0.4) is 0 Å². The molecule has 0 saturated carbocycles. The number of aliphatic hydroxyl groups excluding tert-OH is 1. The molecule has 0 radical (unpaired) electrons. The molecule has 1 heterocycles. The van der Waals surface area contributed by atoms with E-state index in [2.05, 4.69) is 11.9 Å². The maximum atomic E-state index is 9.54. The van der Waals surface area contributed by atoms with E-state index in [0.29, 0.717) is 6.42 Å². The molecule has 0 bridgehead atoms. The summed E-state index contributed by atoms with van der Waals surface area (Å²) in [6, 6.07) is 5.80. The first-order valence-electron chi connectivity index (χ1n) is 6.29. The maximum Gasteiger partial charge on any atom is 0.164 e. The van der Waals surface area contributed by atoms with Crippen LogP contribution in [0.5, 0.6) is 11.5 Å². The predicted octanol–water partition coefficient (Wildman–Crippen LogP) is 1.31. The van der Waals surface area contributed by atoms with E-state index in [-0.39, 0.29) is 12.2 Å². The fourth-order valence-corrected chi connectivity index (χ4v) is 2.22. The molecule has 1 aliphatic heterocycles. The highest BCUT2D eigenvalue weighted by atomic mass is 16.5. The second kappa shape index (κ2) is 5.59. The van der Waals surface area contributed by atoms with Crippen molar-refractivity contribution in [3.63, 3.8) is 0 Å². The van der Waals surface area contributed by atoms with Crippen molar-refractivity contribution in [1.82, 2.24) is 4.90 Å². The monoisotopic (exact) mass is 251 g/mol. The van der Waals surface area contributed by atoms with Gasteiger partial charge in [0.25, 0.3) is 0 Å². The minimum absolute atomic E-state index is 0.221. The Balaban J connectivity index is 2.17. The van der Waals surface area contributed by atoms with Crippen molar-refractivity contribution in [3.8, 4) is 11.5 Å². The van der Waals surface area contributed by atoms with Gasteiger partial charge in [-0.05, 0) is 20.0 Å². The lowest BCUT2D eigenvalue weighted by molar-refractivity contribution is 0.0358. The molecule has 1 saturated heterocycles. The number of likely N-dealkylation sites (tertiary alicyclic amines) is 1. The second-order valence-electron chi connectivity index (χ2n) is 4.96. The lowest BCUT2D eigenvalue weighted by Gasteiger charge is -2.36. The Kier molecular flexibility index (Phi) is 4.09. The number of methoxy groups -OCH3 is 1. The molecule has 0 aliphatic carbocycles. The molecule has 1 aromatic carbocycles. The van der Waals surface area contributed by atoms with Crippen molar-refractivity contribution < 1.29 is 14.6 Å². The summed E-state index contributed by atoms with van der Waals surface area (Å²) in [5, 5.41) is 9.54. The minimum atomic E-state index is -0.386. The fraction of sp³-hybridized carbons (Fsp3) is 0.571. The van der Waals surface area contributed by atoms with Gasteiger partial charge in [-0.1, -0.05) is 12.1 Å². The normalized spacial score (nSPS) is 18.2. The topological polar surface area (TPSA) is 41.9 Å². The number of rotatable bonds is 5. The number of para-hydroxylation sites is 1. The highest BCUT2D eigenvalue weighted by molar-refractivity contribution is 5.47. The van der Waals surface area contributed by atoms with Gasteiger partial charge in [0.1, 0.15) is 6.10 Å². The number of hydrogen-bond acceptors (Lipinski definition) is 4. The van der Waals surface area contributed by atoms with Crippen LogP contribution in [0.15, 0.2) is 18.2 Å². The van der Waals surface area contributed by atoms with Gasteiger partial charge in [-0.3, -0.25) is 4.90 Å². The molecular formula is C14H21NO3. The van der Waals surface area contributed by atoms with Crippen LogP contribution in [0.2, 0.25) is 0 Å². The van der Waals surface area contributed by atoms with Gasteiger partial charge in [-0.2, -0.15) is 0 Å². The van der Waals surface area contributed by atoms with Crippen molar-refractivity contribution in [2.45, 2.75) is 25.6 Å². The Morgan fingerprint density at radius 3 is 2.72 bits per heavy atom. The molecule has 1 atom stereocenters. The van der Waals surface area contributed by atoms with Crippen LogP contribution in [0.25, 0.3) is 0 Å². The zero-order chi connectivity index (χ0) is 13.1. The summed E-state index contributed by atoms with van der Waals surface area (Å²) in [4.78, 5) is 2.20. The molecule has 1 N–H and O–H groups in total. The molecule has 1 aromatic rings. The molecule has 4 nitrogen and oxygen atoms in total. The Morgan fingerprint density at radius 1 is 1.44 bits per heavy atom. The van der Waals surface area contributed by atoms with Gasteiger partial charge in [0.05, 0.1) is 13.2 Å². The van der Waals surface area contributed by atoms with Gasteiger partial charge in [0.2, 0.25) is 0 Å². The Hall–Kier alpha value is -1.26. The molecule has 0 amide bonds. The smallest absolute Gasteiger partial charge is 0.164 e. The molecular weight excluding hydrogens is 230 g/mol. The first-order valence-corrected chi connectivity index (χ1v) is 6.29. The molecule has 1 aliphatic rings. The largest absolute Gasteiger partial charge is 0.493 e. The highest BCUT2D eigenvalue weighted by Crippen LogP contribution is 2.33. The van der Waals surface area contributed by atoms with Crippen molar-refractivity contribution in [2.24, 2.45) is 0 Å². The average Bonchev–Trinajstić information content (AvgIpc) is 2.28. The zero-order valence-electron chi connectivity index (χ0n) is 11.2. The molecule has 0 spiro atoms. The number of hydrogen-bond donors (Lipinski definition) is 1. The summed E-state index contributed by atoms with van der Waals surface area (Å²) in [7, 11) is 3.71. The number of ether oxygens (including phenoxy) is 2. The van der Waals surface area contributed by atoms with Gasteiger partial charge in [0, 0.05) is 25.1 Å². The average molecular weight is 251 g/mol. The van der Waals surface area contributed by atoms with Crippen LogP contribution in [-0.2, 0) is 6.42 Å². The number of benzene rings is 1. The Morgan fingerprint density at radius 2 is 2.17 bits per heavy atom. The summed E-state index contributed by atoms with van der Waals surface area (Å²) in [6.07, 6.45) is 0.414. The van der Waals surface area contributed by atoms with Crippen molar-refractivity contribution >= 4 is 0 Å². The number of likely N-dealkylation sites (N-methyl/N-ethyl adjacent to an activating group) is 1. The summed E-state index contributed by atoms with van der Waals surface area (Å²) in [5.41, 5.74) is 0.999. The molecule has 2 rings (SSSR count). The first-order chi connectivity index (χ1) is 8.60. The quantitative estimate of drug-likeness (QED) is 0.857. The third-order valence-electron chi connectivity index (χ3n) is 3.11. The molecule has 18 heavy (non-hydrogen) atoms. The van der Waals surface area contributed by atoms with Crippen molar-refractivity contribution in [1.29, 1.82) is 0 Å². The van der Waals surface area contributed by atoms with Gasteiger partial charge < -0.3 is 14.6 Å². The van der Waals surface area contributed by atoms with Crippen LogP contribution in [0.4, 0.5) is 0 Å². The van der Waals surface area contributed by atoms with E-state index >= 15 is 0 Å². The van der Waals surface area contributed by atoms with Crippen LogP contribution < -0.4 is 9.47 Å². The second-order valence-corrected chi connectivity index (χ2v) is 4.96. The third kappa shape index (κ3) is 2.94. The van der Waals surface area contributed by atoms with Gasteiger partial charge in [-0.15, -0.1) is 0 Å². The summed E-state index contributed by atoms with van der Waals surface area (Å²) >= 11 is 0. The lowest BCUT2D eigenvalue weighted by Crippen LogP contribution is -2.51. The molecule has 100 valence electrons. The molecule has 1 unspecified atom stereocenters. The van der Waals surface area contributed by atoms with E-state index in [1.807, 2.05) is 18.2 Å². The minimum Gasteiger partial charge on any atom is -0.493 e. The first kappa shape index (κ1) is 13.2. The van der Waals surface area contributed by atoms with Crippen LogP contribution in [-0.4, -0.2) is 49.5 Å². The van der Waals surface area contributed by atoms with Crippen LogP contribution in [0, 0.1) is 0 Å². The molecule has 1 fully saturated rings. The van der Waals surface area contributed by atoms with Crippen molar-refractivity contribution in [3.05, 3.63) is 23.8 Å². The van der Waals surface area contributed by atoms with E-state index in [0.717, 1.165) is 30.2 Å². The van der Waals surface area contributed by atoms with E-state index in [4.69, 9.17) is 9.47 Å². The van der Waals surface area contributed by atoms with E-state index in [9.17, 15) is 5.11 Å². The van der Waals surface area contributed by atoms with Crippen LogP contribution >= 0.6 is 0 Å². The Labute approximate surface area is 108 Å². The van der Waals surface area contributed by atoms with Gasteiger partial charge in [-0.25, -0.2) is 0 Å². The SMILES string of the molecule is COc1cccc(CC(C)O)c1OC1CN(C)C1. The molecule has 0 aromatic heterocycles. The highest BCUT2D eigenvalue weighted by Gasteiger charge is 2.27. The van der Waals surface area contributed by atoms with E-state index in [1.165, 1.54) is 0 Å². The number of aliphatic hydroxyl groups is 1. The maximum absolute atomic E-state index is 9.54. The standard InChI is InChI=1S/C14H21NO3/c1-10(16)7-11-5-4-6-13(17-3)14(11)18-12-8-15(2)9-12/h4-6,10,12,16H,7-9H2,1-3H3. The van der Waals surface area contributed by atoms with Gasteiger partial charge >= 0.3 is 0 Å². The lowest BCUT2D eigenvalue weighted by atomic mass is 10.1. The summed E-state index contributed by atoms with van der Waals surface area (Å²) < 4.78 is 11.3. The van der Waals surface area contributed by atoms with Gasteiger partial charge in [0.15, 0.2) is 11.5 Å². The van der Waals surface area contributed by atoms with Crippen molar-refractivity contribution in [2.75, 3.05) is 27.2 Å². The summed E-state index contributed by atoms with van der Waals surface area (Å²) in [5.74, 6) is 1.52.